The first kappa shape index (κ1) is 11.1. The second-order valence-corrected chi connectivity index (χ2v) is 4.23. The number of carbonyl (C=O) groups is 1. The van der Waals surface area contributed by atoms with Gasteiger partial charge in [0.2, 0.25) is 0 Å². The quantitative estimate of drug-likeness (QED) is 0.823. The number of aromatic nitrogens is 1. The molecule has 4 heteroatoms. The molecule has 1 atom stereocenters. The molecule has 0 radical (unpaired) electrons. The molecule has 4 nitrogen and oxygen atoms in total. The lowest BCUT2D eigenvalue weighted by atomic mass is 10.1. The maximum absolute atomic E-state index is 10.8. The van der Waals surface area contributed by atoms with Crippen LogP contribution in [0.15, 0.2) is 24.5 Å². The molecule has 1 fully saturated rings. The Bertz CT molecular complexity index is 353. The van der Waals surface area contributed by atoms with Crippen molar-refractivity contribution in [3.8, 4) is 0 Å². The van der Waals surface area contributed by atoms with Crippen molar-refractivity contribution in [2.45, 2.75) is 12.8 Å². The number of likely N-dealkylation sites (tertiary alicyclic amines) is 1. The molecule has 0 aromatic carbocycles. The Kier molecular flexibility index (Phi) is 3.51. The summed E-state index contributed by atoms with van der Waals surface area (Å²) in [6.45, 7) is 2.54. The van der Waals surface area contributed by atoms with Gasteiger partial charge in [-0.1, -0.05) is 0 Å². The van der Waals surface area contributed by atoms with Crippen molar-refractivity contribution in [2.75, 3.05) is 19.6 Å². The summed E-state index contributed by atoms with van der Waals surface area (Å²) in [6, 6.07) is 4.01. The van der Waals surface area contributed by atoms with Crippen LogP contribution in [0.25, 0.3) is 0 Å². The zero-order valence-corrected chi connectivity index (χ0v) is 9.17. The highest BCUT2D eigenvalue weighted by molar-refractivity contribution is 5.70. The van der Waals surface area contributed by atoms with Crippen LogP contribution in [0.5, 0.6) is 0 Å². The lowest BCUT2D eigenvalue weighted by Gasteiger charge is -2.14. The molecule has 2 heterocycles. The second-order valence-electron chi connectivity index (χ2n) is 4.23. The van der Waals surface area contributed by atoms with Crippen molar-refractivity contribution in [2.24, 2.45) is 5.92 Å². The molecule has 0 amide bonds. The molecule has 1 N–H and O–H groups in total. The third kappa shape index (κ3) is 2.79. The van der Waals surface area contributed by atoms with Gasteiger partial charge in [-0.25, -0.2) is 0 Å². The van der Waals surface area contributed by atoms with Gasteiger partial charge in [-0.15, -0.1) is 0 Å². The van der Waals surface area contributed by atoms with E-state index in [4.69, 9.17) is 5.11 Å². The summed E-state index contributed by atoms with van der Waals surface area (Å²) in [5.41, 5.74) is 1.26. The predicted molar refractivity (Wildman–Crippen MR) is 60.1 cm³/mol. The number of carboxylic acids is 1. The topological polar surface area (TPSA) is 53.4 Å². The molecular weight excluding hydrogens is 204 g/mol. The molecule has 0 aliphatic carbocycles. The summed E-state index contributed by atoms with van der Waals surface area (Å²) in [6.07, 6.45) is 5.33. The van der Waals surface area contributed by atoms with E-state index in [1.807, 2.05) is 12.1 Å². The fourth-order valence-electron chi connectivity index (χ4n) is 2.07. The van der Waals surface area contributed by atoms with Gasteiger partial charge in [-0.2, -0.15) is 0 Å². The Labute approximate surface area is 94.9 Å². The van der Waals surface area contributed by atoms with Gasteiger partial charge >= 0.3 is 5.97 Å². The number of pyridine rings is 1. The maximum Gasteiger partial charge on any atom is 0.307 e. The third-order valence-electron chi connectivity index (χ3n) is 3.09. The predicted octanol–water partition coefficient (Wildman–Crippen LogP) is 1.03. The summed E-state index contributed by atoms with van der Waals surface area (Å²) < 4.78 is 0. The van der Waals surface area contributed by atoms with Crippen molar-refractivity contribution >= 4 is 5.97 Å². The fraction of sp³-hybridized carbons (Fsp3) is 0.500. The highest BCUT2D eigenvalue weighted by Crippen LogP contribution is 2.16. The molecule has 1 saturated heterocycles. The minimum atomic E-state index is -0.661. The Morgan fingerprint density at radius 3 is 2.88 bits per heavy atom. The zero-order valence-electron chi connectivity index (χ0n) is 9.17. The highest BCUT2D eigenvalue weighted by Gasteiger charge is 2.27. The highest BCUT2D eigenvalue weighted by atomic mass is 16.4. The molecule has 2 rings (SSSR count). The fourth-order valence-corrected chi connectivity index (χ4v) is 2.07. The van der Waals surface area contributed by atoms with Crippen LogP contribution in [0.1, 0.15) is 12.0 Å². The van der Waals surface area contributed by atoms with Crippen LogP contribution in [0.3, 0.4) is 0 Å². The lowest BCUT2D eigenvalue weighted by Crippen LogP contribution is -2.25. The molecule has 0 bridgehead atoms. The van der Waals surface area contributed by atoms with Gasteiger partial charge in [0.1, 0.15) is 0 Å². The van der Waals surface area contributed by atoms with E-state index in [2.05, 4.69) is 9.88 Å². The average molecular weight is 220 g/mol. The number of rotatable bonds is 4. The smallest absolute Gasteiger partial charge is 0.307 e. The van der Waals surface area contributed by atoms with Crippen LogP contribution in [0.2, 0.25) is 0 Å². The van der Waals surface area contributed by atoms with E-state index in [0.29, 0.717) is 6.54 Å². The van der Waals surface area contributed by atoms with Gasteiger partial charge in [0.05, 0.1) is 5.92 Å². The Balaban J connectivity index is 1.78. The monoisotopic (exact) mass is 220 g/mol. The zero-order chi connectivity index (χ0) is 11.4. The van der Waals surface area contributed by atoms with Crippen LogP contribution in [-0.2, 0) is 11.2 Å². The molecular formula is C12H16N2O2. The van der Waals surface area contributed by atoms with Crippen LogP contribution in [0.4, 0.5) is 0 Å². The molecule has 1 aliphatic heterocycles. The van der Waals surface area contributed by atoms with Gasteiger partial charge in [0.25, 0.3) is 0 Å². The summed E-state index contributed by atoms with van der Waals surface area (Å²) in [5, 5.41) is 8.88. The molecule has 1 unspecified atom stereocenters. The number of hydrogen-bond acceptors (Lipinski definition) is 3. The van der Waals surface area contributed by atoms with Crippen molar-refractivity contribution in [3.05, 3.63) is 30.1 Å². The Morgan fingerprint density at radius 2 is 2.25 bits per heavy atom. The minimum absolute atomic E-state index is 0.169. The van der Waals surface area contributed by atoms with E-state index >= 15 is 0 Å². The second kappa shape index (κ2) is 5.07. The van der Waals surface area contributed by atoms with Crippen molar-refractivity contribution in [1.29, 1.82) is 0 Å². The van der Waals surface area contributed by atoms with Crippen molar-refractivity contribution < 1.29 is 9.90 Å². The van der Waals surface area contributed by atoms with E-state index in [-0.39, 0.29) is 5.92 Å². The first-order chi connectivity index (χ1) is 7.75. The number of aliphatic carboxylic acids is 1. The summed E-state index contributed by atoms with van der Waals surface area (Å²) in [5.74, 6) is -0.830. The number of nitrogens with zero attached hydrogens (tertiary/aromatic N) is 2. The van der Waals surface area contributed by atoms with Gasteiger partial charge < -0.3 is 10.0 Å². The van der Waals surface area contributed by atoms with Crippen LogP contribution in [0, 0.1) is 5.92 Å². The van der Waals surface area contributed by atoms with E-state index in [0.717, 1.165) is 25.9 Å². The SMILES string of the molecule is O=C(O)C1CCN(CCc2ccncc2)C1. The Hall–Kier alpha value is -1.42. The number of carboxylic acid groups (broad SMARTS) is 1. The molecule has 16 heavy (non-hydrogen) atoms. The maximum atomic E-state index is 10.8. The van der Waals surface area contributed by atoms with Gasteiger partial charge in [0, 0.05) is 25.5 Å². The van der Waals surface area contributed by atoms with Crippen molar-refractivity contribution in [3.63, 3.8) is 0 Å². The van der Waals surface area contributed by atoms with Crippen LogP contribution in [-0.4, -0.2) is 40.6 Å². The average Bonchev–Trinajstić information content (AvgIpc) is 2.76. The molecule has 0 spiro atoms. The van der Waals surface area contributed by atoms with E-state index in [9.17, 15) is 4.79 Å². The van der Waals surface area contributed by atoms with E-state index < -0.39 is 5.97 Å². The molecule has 1 aliphatic rings. The lowest BCUT2D eigenvalue weighted by molar-refractivity contribution is -0.141. The molecule has 1 aromatic rings. The van der Waals surface area contributed by atoms with E-state index in [1.54, 1.807) is 12.4 Å². The van der Waals surface area contributed by atoms with E-state index in [1.165, 1.54) is 5.56 Å². The molecule has 0 saturated carbocycles. The summed E-state index contributed by atoms with van der Waals surface area (Å²) in [4.78, 5) is 17.0. The van der Waals surface area contributed by atoms with Crippen molar-refractivity contribution in [1.82, 2.24) is 9.88 Å². The standard InChI is InChI=1S/C12H16N2O2/c15-12(16)11-4-8-14(9-11)7-3-10-1-5-13-6-2-10/h1-2,5-6,11H,3-4,7-9H2,(H,15,16). The normalized spacial score (nSPS) is 21.1. The van der Waals surface area contributed by atoms with Gasteiger partial charge in [-0.3, -0.25) is 9.78 Å². The summed E-state index contributed by atoms with van der Waals surface area (Å²) in [7, 11) is 0. The van der Waals surface area contributed by atoms with Gasteiger partial charge in [0.15, 0.2) is 0 Å². The molecule has 86 valence electrons. The third-order valence-corrected chi connectivity index (χ3v) is 3.09. The summed E-state index contributed by atoms with van der Waals surface area (Å²) >= 11 is 0. The first-order valence-corrected chi connectivity index (χ1v) is 5.60. The Morgan fingerprint density at radius 1 is 1.50 bits per heavy atom. The minimum Gasteiger partial charge on any atom is -0.481 e. The largest absolute Gasteiger partial charge is 0.481 e. The number of hydrogen-bond donors (Lipinski definition) is 1. The van der Waals surface area contributed by atoms with Crippen LogP contribution < -0.4 is 0 Å². The van der Waals surface area contributed by atoms with Crippen LogP contribution >= 0.6 is 0 Å². The molecule has 1 aromatic heterocycles. The first-order valence-electron chi connectivity index (χ1n) is 5.60. The van der Waals surface area contributed by atoms with Gasteiger partial charge in [-0.05, 0) is 37.1 Å².